The molecule has 2 aromatic carbocycles. The molecule has 30 heavy (non-hydrogen) atoms. The Balaban J connectivity index is 1.38. The monoisotopic (exact) mass is 441 g/mol. The molecule has 1 atom stereocenters. The van der Waals surface area contributed by atoms with E-state index in [2.05, 4.69) is 32.5 Å². The van der Waals surface area contributed by atoms with Gasteiger partial charge in [0.25, 0.3) is 0 Å². The van der Waals surface area contributed by atoms with Crippen LogP contribution in [0.15, 0.2) is 60.0 Å². The van der Waals surface area contributed by atoms with Crippen LogP contribution in [0.2, 0.25) is 5.02 Å². The first-order chi connectivity index (χ1) is 14.6. The minimum atomic E-state index is -0.339. The number of aromatic nitrogens is 3. The van der Waals surface area contributed by atoms with Gasteiger partial charge in [0.15, 0.2) is 5.16 Å². The van der Waals surface area contributed by atoms with E-state index in [0.717, 1.165) is 24.5 Å². The van der Waals surface area contributed by atoms with Gasteiger partial charge in [0.2, 0.25) is 5.91 Å². The molecule has 0 saturated carbocycles. The number of thioether (sulfide) groups is 1. The lowest BCUT2D eigenvalue weighted by atomic mass is 10.1. The molecular weight excluding hydrogens is 418 g/mol. The van der Waals surface area contributed by atoms with Crippen LogP contribution in [0.5, 0.6) is 0 Å². The van der Waals surface area contributed by atoms with Crippen molar-refractivity contribution >= 4 is 40.6 Å². The zero-order valence-electron chi connectivity index (χ0n) is 16.8. The molecule has 1 N–H and O–H groups in total. The molecule has 2 heterocycles. The van der Waals surface area contributed by atoms with Crippen molar-refractivity contribution < 1.29 is 4.79 Å². The van der Waals surface area contributed by atoms with Crippen molar-refractivity contribution in [2.45, 2.75) is 36.6 Å². The summed E-state index contributed by atoms with van der Waals surface area (Å²) in [5, 5.41) is 12.1. The van der Waals surface area contributed by atoms with Crippen molar-refractivity contribution in [3.63, 3.8) is 0 Å². The molecule has 0 spiro atoms. The summed E-state index contributed by atoms with van der Waals surface area (Å²) in [6, 6.07) is 15.5. The van der Waals surface area contributed by atoms with Crippen molar-refractivity contribution in [1.29, 1.82) is 0 Å². The van der Waals surface area contributed by atoms with Gasteiger partial charge in [-0.15, -0.1) is 10.2 Å². The van der Waals surface area contributed by atoms with Crippen LogP contribution in [0, 0.1) is 0 Å². The zero-order chi connectivity index (χ0) is 20.9. The summed E-state index contributed by atoms with van der Waals surface area (Å²) in [6.45, 7) is 4.07. The highest BCUT2D eigenvalue weighted by atomic mass is 35.5. The summed E-state index contributed by atoms with van der Waals surface area (Å²) in [5.74, 6) is -0.0774. The Kier molecular flexibility index (Phi) is 6.59. The predicted octanol–water partition coefficient (Wildman–Crippen LogP) is 5.03. The van der Waals surface area contributed by atoms with Crippen molar-refractivity contribution in [3.8, 4) is 5.69 Å². The van der Waals surface area contributed by atoms with Gasteiger partial charge in [-0.1, -0.05) is 29.4 Å². The number of piperidine rings is 1. The summed E-state index contributed by atoms with van der Waals surface area (Å²) >= 11 is 7.45. The van der Waals surface area contributed by atoms with E-state index in [9.17, 15) is 4.79 Å². The quantitative estimate of drug-likeness (QED) is 0.543. The van der Waals surface area contributed by atoms with Crippen LogP contribution >= 0.6 is 23.4 Å². The molecule has 0 radical (unpaired) electrons. The van der Waals surface area contributed by atoms with E-state index in [1.807, 2.05) is 47.9 Å². The average molecular weight is 442 g/mol. The molecule has 8 heteroatoms. The highest BCUT2D eigenvalue weighted by Gasteiger charge is 2.19. The molecule has 4 rings (SSSR count). The van der Waals surface area contributed by atoms with Crippen LogP contribution in [0.1, 0.15) is 26.2 Å². The molecule has 1 fully saturated rings. The largest absolute Gasteiger partial charge is 0.372 e. The Bertz CT molecular complexity index is 1000. The molecular formula is C22H24ClN5OS. The number of carbonyl (C=O) groups is 1. The van der Waals surface area contributed by atoms with Gasteiger partial charge in [0.05, 0.1) is 10.9 Å². The fourth-order valence-electron chi connectivity index (χ4n) is 3.47. The smallest absolute Gasteiger partial charge is 0.237 e. The van der Waals surface area contributed by atoms with E-state index < -0.39 is 0 Å². The molecule has 0 bridgehead atoms. The third-order valence-electron chi connectivity index (χ3n) is 5.11. The molecule has 1 saturated heterocycles. The Hall–Kier alpha value is -2.51. The van der Waals surface area contributed by atoms with Crippen molar-refractivity contribution in [2.24, 2.45) is 0 Å². The van der Waals surface area contributed by atoms with Crippen LogP contribution in [-0.4, -0.2) is 39.0 Å². The minimum Gasteiger partial charge on any atom is -0.372 e. The van der Waals surface area contributed by atoms with E-state index >= 15 is 0 Å². The van der Waals surface area contributed by atoms with Crippen molar-refractivity contribution in [1.82, 2.24) is 14.8 Å². The zero-order valence-corrected chi connectivity index (χ0v) is 18.4. The molecule has 6 nitrogen and oxygen atoms in total. The third-order valence-corrected chi connectivity index (χ3v) is 6.40. The van der Waals surface area contributed by atoms with E-state index in [1.54, 1.807) is 6.33 Å². The number of benzene rings is 2. The highest BCUT2D eigenvalue weighted by molar-refractivity contribution is 8.00. The van der Waals surface area contributed by atoms with Gasteiger partial charge in [-0.25, -0.2) is 0 Å². The molecule has 1 unspecified atom stereocenters. The fraction of sp³-hybridized carbons (Fsp3) is 0.318. The van der Waals surface area contributed by atoms with Gasteiger partial charge in [0, 0.05) is 29.5 Å². The van der Waals surface area contributed by atoms with Crippen LogP contribution < -0.4 is 10.2 Å². The topological polar surface area (TPSA) is 63.1 Å². The number of hydrogen-bond donors (Lipinski definition) is 1. The first kappa shape index (κ1) is 20.8. The highest BCUT2D eigenvalue weighted by Crippen LogP contribution is 2.26. The maximum Gasteiger partial charge on any atom is 0.237 e. The van der Waals surface area contributed by atoms with E-state index in [-0.39, 0.29) is 11.2 Å². The van der Waals surface area contributed by atoms with E-state index in [4.69, 9.17) is 11.6 Å². The maximum absolute atomic E-state index is 12.7. The summed E-state index contributed by atoms with van der Waals surface area (Å²) in [5.41, 5.74) is 2.87. The molecule has 1 aromatic heterocycles. The number of halogens is 1. The Morgan fingerprint density at radius 2 is 1.87 bits per heavy atom. The van der Waals surface area contributed by atoms with Crippen molar-refractivity contribution in [2.75, 3.05) is 23.3 Å². The van der Waals surface area contributed by atoms with Crippen LogP contribution in [0.25, 0.3) is 5.69 Å². The molecule has 3 aromatic rings. The maximum atomic E-state index is 12.7. The predicted molar refractivity (Wildman–Crippen MR) is 123 cm³/mol. The van der Waals surface area contributed by atoms with Crippen LogP contribution in [0.3, 0.4) is 0 Å². The number of nitrogens with zero attached hydrogens (tertiary/aromatic N) is 4. The second-order valence-electron chi connectivity index (χ2n) is 7.31. The number of hydrogen-bond acceptors (Lipinski definition) is 5. The first-order valence-corrected chi connectivity index (χ1v) is 11.3. The van der Waals surface area contributed by atoms with E-state index in [0.29, 0.717) is 10.2 Å². The Morgan fingerprint density at radius 3 is 2.60 bits per heavy atom. The summed E-state index contributed by atoms with van der Waals surface area (Å²) in [6.07, 6.45) is 5.42. The number of amides is 1. The van der Waals surface area contributed by atoms with E-state index in [1.165, 1.54) is 36.7 Å². The third kappa shape index (κ3) is 4.96. The van der Waals surface area contributed by atoms with Gasteiger partial charge in [-0.05, 0) is 68.7 Å². The second kappa shape index (κ2) is 9.53. The lowest BCUT2D eigenvalue weighted by Crippen LogP contribution is -2.29. The number of carbonyl (C=O) groups excluding carboxylic acids is 1. The number of nitrogens with one attached hydrogen (secondary N) is 1. The number of rotatable bonds is 6. The van der Waals surface area contributed by atoms with Crippen molar-refractivity contribution in [3.05, 3.63) is 59.9 Å². The molecule has 1 aliphatic heterocycles. The lowest BCUT2D eigenvalue weighted by Gasteiger charge is -2.28. The van der Waals surface area contributed by atoms with Gasteiger partial charge < -0.3 is 10.2 Å². The Morgan fingerprint density at radius 1 is 1.10 bits per heavy atom. The standard InChI is InChI=1S/C22H24ClN5OS/c1-16(30-22-26-24-15-28(22)20-7-5-6-17(23)14-20)21(29)25-18-8-10-19(11-9-18)27-12-3-2-4-13-27/h5-11,14-16H,2-4,12-13H2,1H3,(H,25,29). The summed E-state index contributed by atoms with van der Waals surface area (Å²) in [4.78, 5) is 15.1. The SMILES string of the molecule is CC(Sc1nncn1-c1cccc(Cl)c1)C(=O)Nc1ccc(N2CCCCC2)cc1. The minimum absolute atomic E-state index is 0.0774. The van der Waals surface area contributed by atoms with Gasteiger partial charge in [-0.2, -0.15) is 0 Å². The second-order valence-corrected chi connectivity index (χ2v) is 9.05. The molecule has 1 aliphatic rings. The normalized spacial score (nSPS) is 15.1. The van der Waals surface area contributed by atoms with Gasteiger partial charge in [0.1, 0.15) is 6.33 Å². The van der Waals surface area contributed by atoms with Crippen LogP contribution in [-0.2, 0) is 4.79 Å². The van der Waals surface area contributed by atoms with Gasteiger partial charge >= 0.3 is 0 Å². The first-order valence-electron chi connectivity index (χ1n) is 10.1. The average Bonchev–Trinajstić information content (AvgIpc) is 3.23. The molecule has 0 aliphatic carbocycles. The number of anilines is 2. The molecule has 1 amide bonds. The summed E-state index contributed by atoms with van der Waals surface area (Å²) < 4.78 is 1.83. The molecule has 156 valence electrons. The Labute approximate surface area is 185 Å². The lowest BCUT2D eigenvalue weighted by molar-refractivity contribution is -0.115. The van der Waals surface area contributed by atoms with Gasteiger partial charge in [-0.3, -0.25) is 9.36 Å². The summed E-state index contributed by atoms with van der Waals surface area (Å²) in [7, 11) is 0. The fourth-order valence-corrected chi connectivity index (χ4v) is 4.50. The van der Waals surface area contributed by atoms with Crippen LogP contribution in [0.4, 0.5) is 11.4 Å².